The van der Waals surface area contributed by atoms with E-state index in [-0.39, 0.29) is 0 Å². The summed E-state index contributed by atoms with van der Waals surface area (Å²) in [7, 11) is 0. The van der Waals surface area contributed by atoms with Crippen molar-refractivity contribution in [3.05, 3.63) is 41.0 Å². The fraction of sp³-hybridized carbons (Fsp3) is 0.500. The Bertz CT molecular complexity index is 546. The van der Waals surface area contributed by atoms with Crippen LogP contribution in [0.3, 0.4) is 0 Å². The molecule has 0 atom stereocenters. The van der Waals surface area contributed by atoms with Gasteiger partial charge in [-0.15, -0.1) is 0 Å². The van der Waals surface area contributed by atoms with E-state index in [1.54, 1.807) is 6.07 Å². The van der Waals surface area contributed by atoms with Crippen LogP contribution in [0.2, 0.25) is 0 Å². The molecule has 3 nitrogen and oxygen atoms in total. The minimum absolute atomic E-state index is 0.430. The van der Waals surface area contributed by atoms with Crippen molar-refractivity contribution in [2.45, 2.75) is 33.6 Å². The van der Waals surface area contributed by atoms with Gasteiger partial charge >= 0.3 is 5.97 Å². The van der Waals surface area contributed by atoms with Gasteiger partial charge in [0.25, 0.3) is 0 Å². The Kier molecular flexibility index (Phi) is 5.18. The Balaban J connectivity index is 2.16. The molecule has 1 N–H and O–H groups in total. The maximum absolute atomic E-state index is 11.2. The third-order valence-electron chi connectivity index (χ3n) is 4.00. The molecule has 0 aliphatic carbocycles. The lowest BCUT2D eigenvalue weighted by molar-refractivity contribution is 0.0695. The molecule has 21 heavy (non-hydrogen) atoms. The highest BCUT2D eigenvalue weighted by Crippen LogP contribution is 2.25. The Hall–Kier alpha value is -1.61. The number of carboxylic acids is 1. The van der Waals surface area contributed by atoms with Crippen molar-refractivity contribution in [1.29, 1.82) is 0 Å². The molecule has 0 saturated heterocycles. The van der Waals surface area contributed by atoms with Gasteiger partial charge in [-0.2, -0.15) is 0 Å². The van der Waals surface area contributed by atoms with Crippen LogP contribution in [0, 0.1) is 5.92 Å². The molecule has 0 unspecified atom stereocenters. The average molecular weight is 287 g/mol. The summed E-state index contributed by atoms with van der Waals surface area (Å²) in [6.07, 6.45) is 4.09. The van der Waals surface area contributed by atoms with Gasteiger partial charge in [0.2, 0.25) is 0 Å². The van der Waals surface area contributed by atoms with Crippen LogP contribution in [0.4, 0.5) is 0 Å². The van der Waals surface area contributed by atoms with E-state index in [0.717, 1.165) is 38.0 Å². The molecule has 0 radical (unpaired) electrons. The molecule has 1 heterocycles. The smallest absolute Gasteiger partial charge is 0.335 e. The predicted octanol–water partition coefficient (Wildman–Crippen LogP) is 3.69. The van der Waals surface area contributed by atoms with E-state index in [9.17, 15) is 9.90 Å². The Morgan fingerprint density at radius 3 is 2.67 bits per heavy atom. The van der Waals surface area contributed by atoms with Crippen LogP contribution in [0.15, 0.2) is 24.3 Å². The van der Waals surface area contributed by atoms with Crippen LogP contribution < -0.4 is 0 Å². The summed E-state index contributed by atoms with van der Waals surface area (Å²) in [4.78, 5) is 13.7. The summed E-state index contributed by atoms with van der Waals surface area (Å²) < 4.78 is 0. The van der Waals surface area contributed by atoms with Gasteiger partial charge in [0, 0.05) is 19.6 Å². The number of benzene rings is 1. The third kappa shape index (κ3) is 3.94. The van der Waals surface area contributed by atoms with Crippen LogP contribution >= 0.6 is 0 Å². The number of rotatable bonds is 5. The first-order valence-electron chi connectivity index (χ1n) is 7.79. The Morgan fingerprint density at radius 1 is 1.38 bits per heavy atom. The molecule has 0 spiro atoms. The topological polar surface area (TPSA) is 40.5 Å². The number of carbonyl (C=O) groups is 1. The molecule has 0 saturated carbocycles. The summed E-state index contributed by atoms with van der Waals surface area (Å²) >= 11 is 0. The van der Waals surface area contributed by atoms with E-state index in [1.807, 2.05) is 19.1 Å². The maximum Gasteiger partial charge on any atom is 0.335 e. The first-order valence-corrected chi connectivity index (χ1v) is 7.79. The van der Waals surface area contributed by atoms with Gasteiger partial charge < -0.3 is 5.11 Å². The zero-order chi connectivity index (χ0) is 15.4. The monoisotopic (exact) mass is 287 g/mol. The van der Waals surface area contributed by atoms with Crippen LogP contribution in [0.25, 0.3) is 5.57 Å². The molecule has 0 amide bonds. The van der Waals surface area contributed by atoms with Crippen LogP contribution in [0.1, 0.15) is 48.7 Å². The summed E-state index contributed by atoms with van der Waals surface area (Å²) in [5.41, 5.74) is 3.88. The molecule has 0 bridgehead atoms. The highest BCUT2D eigenvalue weighted by atomic mass is 16.4. The molecule has 0 fully saturated rings. The average Bonchev–Trinajstić information content (AvgIpc) is 2.46. The second-order valence-electron chi connectivity index (χ2n) is 6.16. The van der Waals surface area contributed by atoms with Crippen LogP contribution in [-0.4, -0.2) is 35.6 Å². The van der Waals surface area contributed by atoms with Crippen molar-refractivity contribution >= 4 is 11.5 Å². The molecule has 1 aliphatic heterocycles. The van der Waals surface area contributed by atoms with Gasteiger partial charge in [0.05, 0.1) is 5.56 Å². The van der Waals surface area contributed by atoms with Gasteiger partial charge in [-0.3, -0.25) is 4.90 Å². The number of carboxylic acid groups (broad SMARTS) is 1. The number of nitrogens with zero attached hydrogens (tertiary/aromatic N) is 1. The van der Waals surface area contributed by atoms with Gasteiger partial charge in [0.1, 0.15) is 0 Å². The summed E-state index contributed by atoms with van der Waals surface area (Å²) in [5, 5.41) is 9.20. The summed E-state index contributed by atoms with van der Waals surface area (Å²) in [6.45, 7) is 9.73. The molecule has 3 heteroatoms. The van der Waals surface area contributed by atoms with Crippen molar-refractivity contribution in [2.75, 3.05) is 19.6 Å². The van der Waals surface area contributed by atoms with E-state index < -0.39 is 5.97 Å². The molecule has 0 aromatic heterocycles. The largest absolute Gasteiger partial charge is 0.478 e. The number of hydrogen-bond donors (Lipinski definition) is 1. The highest BCUT2D eigenvalue weighted by Gasteiger charge is 2.15. The summed E-state index contributed by atoms with van der Waals surface area (Å²) in [5.74, 6) is -0.138. The lowest BCUT2D eigenvalue weighted by atomic mass is 9.94. The van der Waals surface area contributed by atoms with Crippen LogP contribution in [0.5, 0.6) is 0 Å². The molecular weight excluding hydrogens is 262 g/mol. The third-order valence-corrected chi connectivity index (χ3v) is 4.00. The number of aromatic carboxylic acids is 1. The standard InChI is InChI=1S/C18H25NO2/c1-4-14-11-16(5-6-17(14)18(20)21)15-7-9-19(10-8-15)12-13(2)3/h5-7,11,13H,4,8-10,12H2,1-3H3,(H,20,21). The fourth-order valence-electron chi connectivity index (χ4n) is 2.95. The van der Waals surface area contributed by atoms with Gasteiger partial charge in [-0.05, 0) is 41.5 Å². The molecule has 2 rings (SSSR count). The quantitative estimate of drug-likeness (QED) is 0.898. The zero-order valence-electron chi connectivity index (χ0n) is 13.2. The SMILES string of the molecule is CCc1cc(C2=CCN(CC(C)C)CC2)ccc1C(=O)O. The van der Waals surface area contributed by atoms with E-state index >= 15 is 0 Å². The van der Waals surface area contributed by atoms with E-state index in [4.69, 9.17) is 0 Å². The van der Waals surface area contributed by atoms with Crippen molar-refractivity contribution in [2.24, 2.45) is 5.92 Å². The fourth-order valence-corrected chi connectivity index (χ4v) is 2.95. The van der Waals surface area contributed by atoms with Crippen molar-refractivity contribution in [3.63, 3.8) is 0 Å². The van der Waals surface area contributed by atoms with E-state index in [2.05, 4.69) is 24.8 Å². The molecule has 114 valence electrons. The lowest BCUT2D eigenvalue weighted by Crippen LogP contribution is -2.31. The maximum atomic E-state index is 11.2. The predicted molar refractivity (Wildman–Crippen MR) is 86.7 cm³/mol. The molecule has 1 aromatic rings. The highest BCUT2D eigenvalue weighted by molar-refractivity contribution is 5.90. The Morgan fingerprint density at radius 2 is 2.14 bits per heavy atom. The Labute approximate surface area is 127 Å². The van der Waals surface area contributed by atoms with Gasteiger partial charge in [0.15, 0.2) is 0 Å². The van der Waals surface area contributed by atoms with Crippen molar-refractivity contribution in [3.8, 4) is 0 Å². The van der Waals surface area contributed by atoms with Gasteiger partial charge in [-0.25, -0.2) is 4.79 Å². The van der Waals surface area contributed by atoms with Gasteiger partial charge in [-0.1, -0.05) is 39.0 Å². The lowest BCUT2D eigenvalue weighted by Gasteiger charge is -2.28. The first-order chi connectivity index (χ1) is 10.0. The molecular formula is C18H25NO2. The normalized spacial score (nSPS) is 16.1. The zero-order valence-corrected chi connectivity index (χ0v) is 13.2. The van der Waals surface area contributed by atoms with E-state index in [1.165, 1.54) is 11.1 Å². The second kappa shape index (κ2) is 6.90. The molecule has 1 aliphatic rings. The number of hydrogen-bond acceptors (Lipinski definition) is 2. The van der Waals surface area contributed by atoms with Crippen molar-refractivity contribution in [1.82, 2.24) is 4.90 Å². The minimum atomic E-state index is -0.834. The van der Waals surface area contributed by atoms with E-state index in [0.29, 0.717) is 11.5 Å². The first kappa shape index (κ1) is 15.8. The number of aryl methyl sites for hydroxylation is 1. The molecule has 1 aromatic carbocycles. The van der Waals surface area contributed by atoms with Crippen LogP contribution in [-0.2, 0) is 6.42 Å². The minimum Gasteiger partial charge on any atom is -0.478 e. The van der Waals surface area contributed by atoms with Crippen molar-refractivity contribution < 1.29 is 9.90 Å². The summed E-state index contributed by atoms with van der Waals surface area (Å²) in [6, 6.07) is 5.75. The second-order valence-corrected chi connectivity index (χ2v) is 6.16.